The predicted octanol–water partition coefficient (Wildman–Crippen LogP) is 0.552. The van der Waals surface area contributed by atoms with E-state index < -0.39 is 22.5 Å². The number of imidazole rings is 1. The molecule has 0 saturated carbocycles. The molecule has 0 atom stereocenters. The molecule has 11 heteroatoms. The zero-order chi connectivity index (χ0) is 18.4. The number of hydrogen-bond donors (Lipinski definition) is 3. The van der Waals surface area contributed by atoms with E-state index in [4.69, 9.17) is 4.74 Å². The summed E-state index contributed by atoms with van der Waals surface area (Å²) < 4.78 is 4.77. The molecular weight excluding hydrogens is 334 g/mol. The van der Waals surface area contributed by atoms with Gasteiger partial charge in [-0.15, -0.1) is 0 Å². The van der Waals surface area contributed by atoms with Gasteiger partial charge < -0.3 is 9.72 Å². The maximum atomic E-state index is 11.9. The molecule has 1 heterocycles. The molecule has 0 saturated heterocycles. The summed E-state index contributed by atoms with van der Waals surface area (Å²) in [7, 11) is 0. The van der Waals surface area contributed by atoms with Gasteiger partial charge in [0.1, 0.15) is 0 Å². The highest BCUT2D eigenvalue weighted by Gasteiger charge is 2.15. The van der Waals surface area contributed by atoms with Crippen molar-refractivity contribution >= 4 is 23.8 Å². The van der Waals surface area contributed by atoms with Gasteiger partial charge in [-0.05, 0) is 13.0 Å². The van der Waals surface area contributed by atoms with Crippen LogP contribution in [0.2, 0.25) is 0 Å². The third-order valence-electron chi connectivity index (χ3n) is 2.91. The molecule has 1 amide bonds. The Morgan fingerprint density at radius 3 is 2.84 bits per heavy atom. The number of ether oxygens (including phenoxy) is 1. The Bertz CT molecular complexity index is 897. The summed E-state index contributed by atoms with van der Waals surface area (Å²) in [4.78, 5) is 49.5. The standard InChI is InChI=1S/C14H13N5O6/c1-2-25-13(21)11-10(16-14(22)17-11)7-15-18-12(20)8-4-3-5-9(6-8)19(23)24/h3-7H,2H2,1H3,(H,18,20)(H2,16,17,22)/b15-7+. The minimum atomic E-state index is -0.757. The topological polar surface area (TPSA) is 160 Å². The lowest BCUT2D eigenvalue weighted by molar-refractivity contribution is -0.384. The fourth-order valence-corrected chi connectivity index (χ4v) is 1.84. The minimum absolute atomic E-state index is 0.0165. The van der Waals surface area contributed by atoms with Crippen molar-refractivity contribution in [1.29, 1.82) is 0 Å². The second kappa shape index (κ2) is 7.68. The smallest absolute Gasteiger partial charge is 0.357 e. The van der Waals surface area contributed by atoms with E-state index in [2.05, 4.69) is 20.5 Å². The van der Waals surface area contributed by atoms with Crippen molar-refractivity contribution in [2.75, 3.05) is 6.61 Å². The van der Waals surface area contributed by atoms with Crippen molar-refractivity contribution in [3.63, 3.8) is 0 Å². The van der Waals surface area contributed by atoms with Gasteiger partial charge in [0.05, 0.1) is 23.4 Å². The monoisotopic (exact) mass is 347 g/mol. The van der Waals surface area contributed by atoms with Gasteiger partial charge in [-0.3, -0.25) is 19.9 Å². The first kappa shape index (κ1) is 17.6. The highest BCUT2D eigenvalue weighted by Crippen LogP contribution is 2.12. The van der Waals surface area contributed by atoms with E-state index in [1.807, 2.05) is 0 Å². The number of nitrogens with one attached hydrogen (secondary N) is 3. The fraction of sp³-hybridized carbons (Fsp3) is 0.143. The zero-order valence-corrected chi connectivity index (χ0v) is 12.9. The summed E-state index contributed by atoms with van der Waals surface area (Å²) in [6.07, 6.45) is 1.04. The largest absolute Gasteiger partial charge is 0.461 e. The molecule has 3 N–H and O–H groups in total. The number of nitro groups is 1. The maximum absolute atomic E-state index is 11.9. The number of rotatable bonds is 6. The van der Waals surface area contributed by atoms with E-state index >= 15 is 0 Å². The van der Waals surface area contributed by atoms with Crippen LogP contribution in [-0.2, 0) is 4.74 Å². The number of carbonyl (C=O) groups excluding carboxylic acids is 2. The van der Waals surface area contributed by atoms with Crippen LogP contribution in [0.5, 0.6) is 0 Å². The van der Waals surface area contributed by atoms with Gasteiger partial charge >= 0.3 is 11.7 Å². The number of hydrazone groups is 1. The molecule has 1 aromatic carbocycles. The highest BCUT2D eigenvalue weighted by molar-refractivity contribution is 5.98. The molecule has 0 aliphatic heterocycles. The van der Waals surface area contributed by atoms with Gasteiger partial charge in [0.25, 0.3) is 11.6 Å². The SMILES string of the molecule is CCOC(=O)c1[nH]c(=O)[nH]c1/C=N/NC(=O)c1cccc([N+](=O)[O-])c1. The molecule has 0 bridgehead atoms. The van der Waals surface area contributed by atoms with Gasteiger partial charge in [0.15, 0.2) is 5.69 Å². The first-order valence-electron chi connectivity index (χ1n) is 6.99. The lowest BCUT2D eigenvalue weighted by Crippen LogP contribution is -2.18. The van der Waals surface area contributed by atoms with Gasteiger partial charge in [-0.2, -0.15) is 5.10 Å². The summed E-state index contributed by atoms with van der Waals surface area (Å²) in [5.41, 5.74) is 1.16. The number of benzene rings is 1. The van der Waals surface area contributed by atoms with Crippen LogP contribution in [-0.4, -0.2) is 39.6 Å². The van der Waals surface area contributed by atoms with Crippen LogP contribution in [0.3, 0.4) is 0 Å². The molecule has 1 aromatic heterocycles. The summed E-state index contributed by atoms with van der Waals surface area (Å²) in [6.45, 7) is 1.72. The Labute approximate surface area is 139 Å². The number of amides is 1. The van der Waals surface area contributed by atoms with Crippen molar-refractivity contribution in [3.05, 3.63) is 61.8 Å². The second-order valence-electron chi connectivity index (χ2n) is 4.59. The van der Waals surface area contributed by atoms with Crippen molar-refractivity contribution in [2.24, 2.45) is 5.10 Å². The Hall–Kier alpha value is -3.76. The van der Waals surface area contributed by atoms with Gasteiger partial charge in [-0.25, -0.2) is 15.0 Å². The number of non-ortho nitro benzene ring substituents is 1. The number of hydrogen-bond acceptors (Lipinski definition) is 7. The van der Waals surface area contributed by atoms with Crippen LogP contribution < -0.4 is 11.1 Å². The van der Waals surface area contributed by atoms with Crippen molar-refractivity contribution < 1.29 is 19.2 Å². The van der Waals surface area contributed by atoms with E-state index in [1.165, 1.54) is 18.2 Å². The third kappa shape index (κ3) is 4.37. The lowest BCUT2D eigenvalue weighted by atomic mass is 10.2. The Kier molecular flexibility index (Phi) is 5.40. The number of aromatic nitrogens is 2. The van der Waals surface area contributed by atoms with Gasteiger partial charge in [0, 0.05) is 17.7 Å². The second-order valence-corrected chi connectivity index (χ2v) is 4.59. The van der Waals surface area contributed by atoms with E-state index in [0.29, 0.717) is 0 Å². The molecule has 0 unspecified atom stereocenters. The first-order valence-corrected chi connectivity index (χ1v) is 6.99. The quantitative estimate of drug-likeness (QED) is 0.299. The highest BCUT2D eigenvalue weighted by atomic mass is 16.6. The Morgan fingerprint density at radius 1 is 1.40 bits per heavy atom. The Balaban J connectivity index is 2.12. The average molecular weight is 347 g/mol. The van der Waals surface area contributed by atoms with Crippen LogP contribution in [0.25, 0.3) is 0 Å². The van der Waals surface area contributed by atoms with Crippen LogP contribution in [0.4, 0.5) is 5.69 Å². The number of esters is 1. The molecular formula is C14H13N5O6. The third-order valence-corrected chi connectivity index (χ3v) is 2.91. The molecule has 0 aliphatic rings. The van der Waals surface area contributed by atoms with Crippen molar-refractivity contribution in [1.82, 2.24) is 15.4 Å². The normalized spacial score (nSPS) is 10.6. The molecule has 25 heavy (non-hydrogen) atoms. The van der Waals surface area contributed by atoms with E-state index in [9.17, 15) is 24.5 Å². The number of H-pyrrole nitrogens is 2. The van der Waals surface area contributed by atoms with E-state index in [0.717, 1.165) is 12.3 Å². The number of aromatic amines is 2. The van der Waals surface area contributed by atoms with Crippen LogP contribution in [0, 0.1) is 10.1 Å². The predicted molar refractivity (Wildman–Crippen MR) is 85.5 cm³/mol. The zero-order valence-electron chi connectivity index (χ0n) is 12.9. The average Bonchev–Trinajstić information content (AvgIpc) is 2.96. The van der Waals surface area contributed by atoms with Gasteiger partial charge in [0.2, 0.25) is 0 Å². The van der Waals surface area contributed by atoms with Crippen LogP contribution >= 0.6 is 0 Å². The summed E-state index contributed by atoms with van der Waals surface area (Å²) in [6, 6.07) is 5.07. The van der Waals surface area contributed by atoms with Crippen molar-refractivity contribution in [3.8, 4) is 0 Å². The number of carbonyl (C=O) groups is 2. The van der Waals surface area contributed by atoms with E-state index in [1.54, 1.807) is 6.92 Å². The molecule has 2 aromatic rings. The van der Waals surface area contributed by atoms with Gasteiger partial charge in [-0.1, -0.05) is 6.07 Å². The molecule has 11 nitrogen and oxygen atoms in total. The maximum Gasteiger partial charge on any atom is 0.357 e. The summed E-state index contributed by atoms with van der Waals surface area (Å²) >= 11 is 0. The molecule has 130 valence electrons. The molecule has 0 spiro atoms. The lowest BCUT2D eigenvalue weighted by Gasteiger charge is -2.00. The number of nitro benzene ring substituents is 1. The Morgan fingerprint density at radius 2 is 2.16 bits per heavy atom. The molecule has 0 fully saturated rings. The first-order chi connectivity index (χ1) is 11.9. The van der Waals surface area contributed by atoms with E-state index in [-0.39, 0.29) is 29.2 Å². The summed E-state index contributed by atoms with van der Waals surface area (Å²) in [5.74, 6) is -1.46. The molecule has 2 rings (SSSR count). The number of nitrogens with zero attached hydrogens (tertiary/aromatic N) is 2. The molecule has 0 aliphatic carbocycles. The fourth-order valence-electron chi connectivity index (χ4n) is 1.84. The van der Waals surface area contributed by atoms with Crippen molar-refractivity contribution in [2.45, 2.75) is 6.92 Å². The molecule has 0 radical (unpaired) electrons. The summed E-state index contributed by atoms with van der Waals surface area (Å²) in [5, 5.41) is 14.3. The van der Waals surface area contributed by atoms with Crippen LogP contribution in [0.1, 0.15) is 33.5 Å². The van der Waals surface area contributed by atoms with Crippen LogP contribution in [0.15, 0.2) is 34.2 Å². The minimum Gasteiger partial charge on any atom is -0.461 e.